The van der Waals surface area contributed by atoms with Gasteiger partial charge in [-0.1, -0.05) is 35.3 Å². The van der Waals surface area contributed by atoms with Crippen LogP contribution in [0.15, 0.2) is 42.5 Å². The van der Waals surface area contributed by atoms with Crippen LogP contribution in [0.3, 0.4) is 0 Å². The molecule has 7 nitrogen and oxygen atoms in total. The van der Waals surface area contributed by atoms with Crippen molar-refractivity contribution in [2.24, 2.45) is 0 Å². The van der Waals surface area contributed by atoms with Crippen LogP contribution >= 0.6 is 23.2 Å². The molecule has 3 rings (SSSR count). The molecule has 0 spiro atoms. The van der Waals surface area contributed by atoms with Gasteiger partial charge in [-0.15, -0.1) is 0 Å². The lowest BCUT2D eigenvalue weighted by Crippen LogP contribution is -2.36. The lowest BCUT2D eigenvalue weighted by atomic mass is 10.1. The van der Waals surface area contributed by atoms with Crippen molar-refractivity contribution in [3.63, 3.8) is 0 Å². The van der Waals surface area contributed by atoms with Crippen molar-refractivity contribution in [2.75, 3.05) is 18.5 Å². The van der Waals surface area contributed by atoms with Crippen molar-refractivity contribution in [3.8, 4) is 0 Å². The van der Waals surface area contributed by atoms with Gasteiger partial charge in [0.05, 0.1) is 21.2 Å². The smallest absolute Gasteiger partial charge is 0.326 e. The molecule has 0 saturated heterocycles. The van der Waals surface area contributed by atoms with Crippen molar-refractivity contribution < 1.29 is 23.9 Å². The maximum Gasteiger partial charge on any atom is 0.326 e. The minimum Gasteiger partial charge on any atom is -0.454 e. The Bertz CT molecular complexity index is 926. The predicted octanol–water partition coefficient (Wildman–Crippen LogP) is 2.77. The molecule has 2 aromatic carbocycles. The molecular formula is C18H12Cl2N2O5. The summed E-state index contributed by atoms with van der Waals surface area (Å²) in [5, 5.41) is 3.08. The molecule has 1 N–H and O–H groups in total. The molecule has 138 valence electrons. The Morgan fingerprint density at radius 3 is 2.19 bits per heavy atom. The molecule has 0 bridgehead atoms. The van der Waals surface area contributed by atoms with E-state index in [-0.39, 0.29) is 16.1 Å². The first-order valence-corrected chi connectivity index (χ1v) is 8.48. The molecule has 0 atom stereocenters. The largest absolute Gasteiger partial charge is 0.454 e. The zero-order valence-electron chi connectivity index (χ0n) is 13.7. The van der Waals surface area contributed by atoms with E-state index in [0.29, 0.717) is 10.7 Å². The summed E-state index contributed by atoms with van der Waals surface area (Å²) >= 11 is 11.6. The van der Waals surface area contributed by atoms with E-state index < -0.39 is 36.8 Å². The van der Waals surface area contributed by atoms with Crippen LogP contribution < -0.4 is 5.32 Å². The number of esters is 1. The van der Waals surface area contributed by atoms with Crippen molar-refractivity contribution in [3.05, 3.63) is 63.6 Å². The third-order valence-electron chi connectivity index (χ3n) is 3.73. The van der Waals surface area contributed by atoms with Crippen LogP contribution in [0.4, 0.5) is 5.69 Å². The van der Waals surface area contributed by atoms with Crippen molar-refractivity contribution in [2.45, 2.75) is 0 Å². The molecule has 9 heteroatoms. The average Bonchev–Trinajstić information content (AvgIpc) is 2.88. The molecule has 0 saturated carbocycles. The van der Waals surface area contributed by atoms with E-state index in [1.165, 1.54) is 30.3 Å². The molecule has 0 radical (unpaired) electrons. The van der Waals surface area contributed by atoms with Crippen molar-refractivity contribution >= 4 is 52.6 Å². The third-order valence-corrected chi connectivity index (χ3v) is 4.47. The number of imide groups is 1. The summed E-state index contributed by atoms with van der Waals surface area (Å²) in [6.45, 7) is -1.16. The maximum atomic E-state index is 12.2. The first-order chi connectivity index (χ1) is 12.9. The van der Waals surface area contributed by atoms with E-state index in [2.05, 4.69) is 5.32 Å². The fraction of sp³-hybridized carbons (Fsp3) is 0.111. The normalized spacial score (nSPS) is 12.7. The molecule has 27 heavy (non-hydrogen) atoms. The highest BCUT2D eigenvalue weighted by atomic mass is 35.5. The van der Waals surface area contributed by atoms with E-state index in [0.717, 1.165) is 4.90 Å². The number of amides is 3. The monoisotopic (exact) mass is 406 g/mol. The van der Waals surface area contributed by atoms with Gasteiger partial charge in [0, 0.05) is 5.69 Å². The third kappa shape index (κ3) is 4.10. The number of carbonyl (C=O) groups is 4. The molecule has 0 unspecified atom stereocenters. The average molecular weight is 407 g/mol. The van der Waals surface area contributed by atoms with Gasteiger partial charge in [0.1, 0.15) is 6.54 Å². The van der Waals surface area contributed by atoms with Gasteiger partial charge in [-0.25, -0.2) is 0 Å². The lowest BCUT2D eigenvalue weighted by Gasteiger charge is -2.13. The quantitative estimate of drug-likeness (QED) is 0.608. The molecular weight excluding hydrogens is 395 g/mol. The summed E-state index contributed by atoms with van der Waals surface area (Å²) in [4.78, 5) is 48.9. The van der Waals surface area contributed by atoms with Gasteiger partial charge in [-0.05, 0) is 30.3 Å². The van der Waals surface area contributed by atoms with Crippen LogP contribution in [-0.4, -0.2) is 41.7 Å². The topological polar surface area (TPSA) is 92.8 Å². The molecule has 1 heterocycles. The fourth-order valence-electron chi connectivity index (χ4n) is 2.47. The minimum atomic E-state index is -0.881. The summed E-state index contributed by atoms with van der Waals surface area (Å²) in [5.41, 5.74) is 0.839. The van der Waals surface area contributed by atoms with Crippen LogP contribution in [0.5, 0.6) is 0 Å². The Balaban J connectivity index is 1.53. The Labute approximate surface area is 163 Å². The van der Waals surface area contributed by atoms with Crippen LogP contribution in [0, 0.1) is 0 Å². The first kappa shape index (κ1) is 18.9. The van der Waals surface area contributed by atoms with E-state index in [1.54, 1.807) is 12.1 Å². The van der Waals surface area contributed by atoms with E-state index in [1.807, 2.05) is 0 Å². The number of hydrogen-bond donors (Lipinski definition) is 1. The number of hydrogen-bond acceptors (Lipinski definition) is 5. The highest BCUT2D eigenvalue weighted by Crippen LogP contribution is 2.25. The molecule has 0 aromatic heterocycles. The molecule has 1 aliphatic rings. The second kappa shape index (κ2) is 7.77. The number of benzene rings is 2. The van der Waals surface area contributed by atoms with E-state index >= 15 is 0 Å². The summed E-state index contributed by atoms with van der Waals surface area (Å²) in [7, 11) is 0. The summed E-state index contributed by atoms with van der Waals surface area (Å²) in [5.74, 6) is -2.64. The number of anilines is 1. The first-order valence-electron chi connectivity index (χ1n) is 7.72. The zero-order chi connectivity index (χ0) is 19.6. The van der Waals surface area contributed by atoms with Gasteiger partial charge in [-0.3, -0.25) is 24.1 Å². The van der Waals surface area contributed by atoms with E-state index in [4.69, 9.17) is 27.9 Å². The predicted molar refractivity (Wildman–Crippen MR) is 97.9 cm³/mol. The second-order valence-electron chi connectivity index (χ2n) is 5.58. The summed E-state index contributed by atoms with van der Waals surface area (Å²) < 4.78 is 4.83. The lowest BCUT2D eigenvalue weighted by molar-refractivity contribution is -0.147. The number of nitrogens with one attached hydrogen (secondary N) is 1. The Morgan fingerprint density at radius 2 is 1.59 bits per heavy atom. The fourth-order valence-corrected chi connectivity index (χ4v) is 2.77. The number of fused-ring (bicyclic) bond motifs is 1. The maximum absolute atomic E-state index is 12.2. The highest BCUT2D eigenvalue weighted by molar-refractivity contribution is 6.42. The Kier molecular flexibility index (Phi) is 5.43. The van der Waals surface area contributed by atoms with Crippen molar-refractivity contribution in [1.29, 1.82) is 0 Å². The molecule has 2 aromatic rings. The number of ether oxygens (including phenoxy) is 1. The van der Waals surface area contributed by atoms with Crippen LogP contribution in [-0.2, 0) is 14.3 Å². The van der Waals surface area contributed by atoms with Gasteiger partial charge in [0.25, 0.3) is 17.7 Å². The van der Waals surface area contributed by atoms with Crippen molar-refractivity contribution in [1.82, 2.24) is 4.90 Å². The molecule has 0 aliphatic carbocycles. The van der Waals surface area contributed by atoms with Crippen LogP contribution in [0.25, 0.3) is 0 Å². The molecule has 1 aliphatic heterocycles. The number of carbonyl (C=O) groups excluding carboxylic acids is 4. The SMILES string of the molecule is O=C(COC(=O)CN1C(=O)c2ccccc2C1=O)Nc1ccc(Cl)c(Cl)c1. The number of halogens is 2. The summed E-state index contributed by atoms with van der Waals surface area (Å²) in [6, 6.07) is 10.7. The molecule has 0 fully saturated rings. The minimum absolute atomic E-state index is 0.229. The Hall–Kier alpha value is -2.90. The van der Waals surface area contributed by atoms with Gasteiger partial charge in [0.15, 0.2) is 6.61 Å². The Morgan fingerprint density at radius 1 is 0.963 bits per heavy atom. The second-order valence-corrected chi connectivity index (χ2v) is 6.39. The van der Waals surface area contributed by atoms with Gasteiger partial charge < -0.3 is 10.1 Å². The van der Waals surface area contributed by atoms with Gasteiger partial charge >= 0.3 is 5.97 Å². The highest BCUT2D eigenvalue weighted by Gasteiger charge is 2.36. The van der Waals surface area contributed by atoms with Crippen LogP contribution in [0.1, 0.15) is 20.7 Å². The number of nitrogens with zero attached hydrogens (tertiary/aromatic N) is 1. The van der Waals surface area contributed by atoms with Crippen LogP contribution in [0.2, 0.25) is 10.0 Å². The standard InChI is InChI=1S/C18H12Cl2N2O5/c19-13-6-5-10(7-14(13)20)21-15(23)9-27-16(24)8-22-17(25)11-3-1-2-4-12(11)18(22)26/h1-7H,8-9H2,(H,21,23). The van der Waals surface area contributed by atoms with E-state index in [9.17, 15) is 19.2 Å². The number of rotatable bonds is 5. The van der Waals surface area contributed by atoms with Gasteiger partial charge in [-0.2, -0.15) is 0 Å². The summed E-state index contributed by atoms with van der Waals surface area (Å²) in [6.07, 6.45) is 0. The van der Waals surface area contributed by atoms with Gasteiger partial charge in [0.2, 0.25) is 0 Å². The zero-order valence-corrected chi connectivity index (χ0v) is 15.2. The molecule has 3 amide bonds.